The summed E-state index contributed by atoms with van der Waals surface area (Å²) in [6, 6.07) is 18.9. The van der Waals surface area contributed by atoms with Gasteiger partial charge in [0, 0.05) is 5.02 Å². The molecule has 3 aromatic rings. The maximum Gasteiger partial charge on any atom is 0.162 e. The molecule has 0 aliphatic carbocycles. The number of hydrogen-bond acceptors (Lipinski definition) is 2. The smallest absolute Gasteiger partial charge is 0.162 e. The van der Waals surface area contributed by atoms with E-state index in [4.69, 9.17) is 16.3 Å². The van der Waals surface area contributed by atoms with Crippen LogP contribution in [0, 0.1) is 0 Å². The molecule has 2 nitrogen and oxygen atoms in total. The van der Waals surface area contributed by atoms with Gasteiger partial charge in [-0.1, -0.05) is 48.0 Å². The van der Waals surface area contributed by atoms with E-state index < -0.39 is 0 Å². The van der Waals surface area contributed by atoms with Gasteiger partial charge in [0.05, 0.1) is 0 Å². The number of aromatic hydroxyl groups is 1. The highest BCUT2D eigenvalue weighted by molar-refractivity contribution is 6.30. The van der Waals surface area contributed by atoms with Gasteiger partial charge in [-0.25, -0.2) is 0 Å². The standard InChI is InChI=1S/C17H13ClO2/c18-15-7-5-12(6-8-15)11-20-17-10-14-4-2-1-3-13(14)9-16(17)19/h1-10,19H,11H2. The van der Waals surface area contributed by atoms with E-state index in [-0.39, 0.29) is 5.75 Å². The first-order chi connectivity index (χ1) is 9.72. The van der Waals surface area contributed by atoms with Gasteiger partial charge in [-0.15, -0.1) is 0 Å². The number of hydrogen-bond donors (Lipinski definition) is 1. The summed E-state index contributed by atoms with van der Waals surface area (Å²) in [7, 11) is 0. The number of benzene rings is 3. The first-order valence-corrected chi connectivity index (χ1v) is 6.69. The molecule has 0 aromatic heterocycles. The third kappa shape index (κ3) is 2.70. The molecular weight excluding hydrogens is 272 g/mol. The van der Waals surface area contributed by atoms with Crippen molar-refractivity contribution in [3.8, 4) is 11.5 Å². The highest BCUT2D eigenvalue weighted by Gasteiger charge is 2.05. The van der Waals surface area contributed by atoms with E-state index >= 15 is 0 Å². The van der Waals surface area contributed by atoms with Crippen LogP contribution in [0.3, 0.4) is 0 Å². The van der Waals surface area contributed by atoms with Crippen molar-refractivity contribution < 1.29 is 9.84 Å². The van der Waals surface area contributed by atoms with E-state index in [1.807, 2.05) is 54.6 Å². The van der Waals surface area contributed by atoms with Gasteiger partial charge < -0.3 is 9.84 Å². The summed E-state index contributed by atoms with van der Waals surface area (Å²) < 4.78 is 5.68. The van der Waals surface area contributed by atoms with Crippen molar-refractivity contribution in [3.05, 3.63) is 71.2 Å². The second-order valence-electron chi connectivity index (χ2n) is 4.58. The minimum absolute atomic E-state index is 0.151. The molecule has 3 rings (SSSR count). The molecule has 20 heavy (non-hydrogen) atoms. The van der Waals surface area contributed by atoms with Gasteiger partial charge in [-0.3, -0.25) is 0 Å². The molecule has 0 heterocycles. The number of phenols is 1. The van der Waals surface area contributed by atoms with Crippen LogP contribution in [0.15, 0.2) is 60.7 Å². The van der Waals surface area contributed by atoms with Gasteiger partial charge in [0.2, 0.25) is 0 Å². The van der Waals surface area contributed by atoms with Crippen LogP contribution in [0.25, 0.3) is 10.8 Å². The van der Waals surface area contributed by atoms with Crippen molar-refractivity contribution in [2.75, 3.05) is 0 Å². The Hall–Kier alpha value is -2.19. The van der Waals surface area contributed by atoms with Crippen LogP contribution in [0.2, 0.25) is 5.02 Å². The number of phenolic OH excluding ortho intramolecular Hbond substituents is 1. The SMILES string of the molecule is Oc1cc2ccccc2cc1OCc1ccc(Cl)cc1. The van der Waals surface area contributed by atoms with Gasteiger partial charge >= 0.3 is 0 Å². The number of ether oxygens (including phenoxy) is 1. The Morgan fingerprint density at radius 1 is 0.900 bits per heavy atom. The highest BCUT2D eigenvalue weighted by atomic mass is 35.5. The van der Waals surface area contributed by atoms with Crippen LogP contribution in [-0.2, 0) is 6.61 Å². The summed E-state index contributed by atoms with van der Waals surface area (Å²) in [5, 5.41) is 12.7. The first kappa shape index (κ1) is 12.8. The molecule has 100 valence electrons. The van der Waals surface area contributed by atoms with Crippen LogP contribution in [0.5, 0.6) is 11.5 Å². The van der Waals surface area contributed by atoms with Crippen LogP contribution in [0.4, 0.5) is 0 Å². The van der Waals surface area contributed by atoms with Crippen molar-refractivity contribution in [2.45, 2.75) is 6.61 Å². The zero-order valence-corrected chi connectivity index (χ0v) is 11.5. The van der Waals surface area contributed by atoms with Gasteiger partial charge in [0.15, 0.2) is 11.5 Å². The van der Waals surface area contributed by atoms with Crippen LogP contribution in [0.1, 0.15) is 5.56 Å². The molecule has 0 aliphatic rings. The van der Waals surface area contributed by atoms with Crippen LogP contribution in [-0.4, -0.2) is 5.11 Å². The Bertz CT molecular complexity index is 736. The highest BCUT2D eigenvalue weighted by Crippen LogP contribution is 2.31. The lowest BCUT2D eigenvalue weighted by Crippen LogP contribution is -1.95. The van der Waals surface area contributed by atoms with Crippen molar-refractivity contribution in [1.82, 2.24) is 0 Å². The molecule has 0 radical (unpaired) electrons. The molecule has 0 fully saturated rings. The van der Waals surface area contributed by atoms with E-state index in [0.717, 1.165) is 16.3 Å². The molecule has 0 atom stereocenters. The average molecular weight is 285 g/mol. The van der Waals surface area contributed by atoms with Gasteiger partial charge in [-0.2, -0.15) is 0 Å². The fraction of sp³-hybridized carbons (Fsp3) is 0.0588. The van der Waals surface area contributed by atoms with Crippen LogP contribution >= 0.6 is 11.6 Å². The molecule has 0 amide bonds. The quantitative estimate of drug-likeness (QED) is 0.750. The molecule has 3 aromatic carbocycles. The van der Waals surface area contributed by atoms with Gasteiger partial charge in [-0.05, 0) is 40.6 Å². The molecule has 0 unspecified atom stereocenters. The number of halogens is 1. The molecule has 1 N–H and O–H groups in total. The minimum Gasteiger partial charge on any atom is -0.504 e. The van der Waals surface area contributed by atoms with Gasteiger partial charge in [0.25, 0.3) is 0 Å². The van der Waals surface area contributed by atoms with Crippen LogP contribution < -0.4 is 4.74 Å². The Balaban J connectivity index is 1.83. The number of fused-ring (bicyclic) bond motifs is 1. The Morgan fingerprint density at radius 3 is 2.25 bits per heavy atom. The van der Waals surface area contributed by atoms with E-state index in [9.17, 15) is 5.11 Å². The maximum atomic E-state index is 9.98. The maximum absolute atomic E-state index is 9.98. The van der Waals surface area contributed by atoms with E-state index in [2.05, 4.69) is 0 Å². The molecule has 0 saturated carbocycles. The third-order valence-electron chi connectivity index (χ3n) is 3.13. The van der Waals surface area contributed by atoms with Crippen molar-refractivity contribution in [2.24, 2.45) is 0 Å². The summed E-state index contributed by atoms with van der Waals surface area (Å²) in [5.41, 5.74) is 1.00. The lowest BCUT2D eigenvalue weighted by atomic mass is 10.1. The molecule has 0 aliphatic heterocycles. The summed E-state index contributed by atoms with van der Waals surface area (Å²) in [6.45, 7) is 0.392. The minimum atomic E-state index is 0.151. The molecule has 0 spiro atoms. The second-order valence-corrected chi connectivity index (χ2v) is 5.02. The average Bonchev–Trinajstić information content (AvgIpc) is 2.47. The normalized spacial score (nSPS) is 10.7. The Kier molecular flexibility index (Phi) is 3.48. The topological polar surface area (TPSA) is 29.5 Å². The zero-order valence-electron chi connectivity index (χ0n) is 10.7. The molecule has 0 bridgehead atoms. The predicted octanol–water partition coefficient (Wildman–Crippen LogP) is 4.78. The van der Waals surface area contributed by atoms with E-state index in [0.29, 0.717) is 17.4 Å². The van der Waals surface area contributed by atoms with Crippen molar-refractivity contribution in [1.29, 1.82) is 0 Å². The summed E-state index contributed by atoms with van der Waals surface area (Å²) in [4.78, 5) is 0. The number of rotatable bonds is 3. The Labute approximate surface area is 122 Å². The monoisotopic (exact) mass is 284 g/mol. The fourth-order valence-electron chi connectivity index (χ4n) is 2.06. The molecule has 3 heteroatoms. The Morgan fingerprint density at radius 2 is 1.55 bits per heavy atom. The zero-order chi connectivity index (χ0) is 13.9. The first-order valence-electron chi connectivity index (χ1n) is 6.31. The van der Waals surface area contributed by atoms with Crippen molar-refractivity contribution >= 4 is 22.4 Å². The van der Waals surface area contributed by atoms with E-state index in [1.54, 1.807) is 6.07 Å². The lowest BCUT2D eigenvalue weighted by Gasteiger charge is -2.09. The van der Waals surface area contributed by atoms with Gasteiger partial charge in [0.1, 0.15) is 6.61 Å². The lowest BCUT2D eigenvalue weighted by molar-refractivity contribution is 0.289. The summed E-state index contributed by atoms with van der Waals surface area (Å²) >= 11 is 5.84. The summed E-state index contributed by atoms with van der Waals surface area (Å²) in [6.07, 6.45) is 0. The van der Waals surface area contributed by atoms with Crippen molar-refractivity contribution in [3.63, 3.8) is 0 Å². The van der Waals surface area contributed by atoms with E-state index in [1.165, 1.54) is 0 Å². The third-order valence-corrected chi connectivity index (χ3v) is 3.39. The predicted molar refractivity (Wildman–Crippen MR) is 81.4 cm³/mol. The largest absolute Gasteiger partial charge is 0.504 e. The molecule has 0 saturated heterocycles. The fourth-order valence-corrected chi connectivity index (χ4v) is 2.19. The second kappa shape index (κ2) is 5.43. The summed E-state index contributed by atoms with van der Waals surface area (Å²) in [5.74, 6) is 0.635. The molecular formula is C17H13ClO2.